The fourth-order valence-corrected chi connectivity index (χ4v) is 3.33. The van der Waals surface area contributed by atoms with E-state index in [-0.39, 0.29) is 0 Å². The fraction of sp³-hybridized carbons (Fsp3) is 1.00. The van der Waals surface area contributed by atoms with Crippen molar-refractivity contribution >= 4 is 0 Å². The summed E-state index contributed by atoms with van der Waals surface area (Å²) in [7, 11) is 0. The molecule has 0 spiro atoms. The highest BCUT2D eigenvalue weighted by atomic mass is 15.0. The first-order chi connectivity index (χ1) is 7.23. The van der Waals surface area contributed by atoms with Crippen LogP contribution in [0.2, 0.25) is 0 Å². The zero-order valence-corrected chi connectivity index (χ0v) is 10.3. The van der Waals surface area contributed by atoms with Crippen LogP contribution in [0.3, 0.4) is 0 Å². The fourth-order valence-electron chi connectivity index (χ4n) is 3.33. The minimum atomic E-state index is 0.474. The Kier molecular flexibility index (Phi) is 3.68. The summed E-state index contributed by atoms with van der Waals surface area (Å²) in [6.45, 7) is 8.49. The number of hydrogen-bond acceptors (Lipinski definition) is 2. The van der Waals surface area contributed by atoms with E-state index in [2.05, 4.69) is 24.5 Å². The van der Waals surface area contributed by atoms with Crippen molar-refractivity contribution < 1.29 is 0 Å². The van der Waals surface area contributed by atoms with Gasteiger partial charge in [0.1, 0.15) is 0 Å². The van der Waals surface area contributed by atoms with E-state index in [1.807, 2.05) is 0 Å². The molecule has 0 aromatic rings. The zero-order chi connectivity index (χ0) is 10.7. The second-order valence-corrected chi connectivity index (χ2v) is 5.74. The van der Waals surface area contributed by atoms with Crippen LogP contribution in [0.1, 0.15) is 46.0 Å². The van der Waals surface area contributed by atoms with Crippen LogP contribution in [0, 0.1) is 11.8 Å². The van der Waals surface area contributed by atoms with Gasteiger partial charge in [-0.05, 0) is 63.6 Å². The van der Waals surface area contributed by atoms with Gasteiger partial charge in [-0.1, -0.05) is 13.8 Å². The second kappa shape index (κ2) is 4.84. The summed E-state index contributed by atoms with van der Waals surface area (Å²) in [6.07, 6.45) is 6.95. The number of nitrogens with one attached hydrogen (secondary N) is 2. The van der Waals surface area contributed by atoms with Crippen molar-refractivity contribution in [1.29, 1.82) is 0 Å². The Morgan fingerprint density at radius 1 is 1.20 bits per heavy atom. The minimum absolute atomic E-state index is 0.474. The molecule has 2 rings (SSSR count). The van der Waals surface area contributed by atoms with Crippen LogP contribution in [0.4, 0.5) is 0 Å². The van der Waals surface area contributed by atoms with Crippen molar-refractivity contribution in [3.63, 3.8) is 0 Å². The summed E-state index contributed by atoms with van der Waals surface area (Å²) >= 11 is 0. The SMILES string of the molecule is CC(C)C1(CC2CCNCC2)CCCN1. The van der Waals surface area contributed by atoms with Crippen LogP contribution >= 0.6 is 0 Å². The Morgan fingerprint density at radius 3 is 2.47 bits per heavy atom. The van der Waals surface area contributed by atoms with Gasteiger partial charge in [-0.2, -0.15) is 0 Å². The van der Waals surface area contributed by atoms with Gasteiger partial charge in [0.25, 0.3) is 0 Å². The van der Waals surface area contributed by atoms with Crippen LogP contribution in [-0.2, 0) is 0 Å². The van der Waals surface area contributed by atoms with E-state index < -0.39 is 0 Å². The minimum Gasteiger partial charge on any atom is -0.317 e. The second-order valence-electron chi connectivity index (χ2n) is 5.74. The molecule has 1 unspecified atom stereocenters. The van der Waals surface area contributed by atoms with E-state index in [1.165, 1.54) is 51.7 Å². The summed E-state index contributed by atoms with van der Waals surface area (Å²) in [5.74, 6) is 1.74. The summed E-state index contributed by atoms with van der Waals surface area (Å²) in [4.78, 5) is 0. The Hall–Kier alpha value is -0.0800. The molecule has 2 aliphatic heterocycles. The molecular weight excluding hydrogens is 184 g/mol. The average Bonchev–Trinajstić information content (AvgIpc) is 2.69. The molecule has 0 radical (unpaired) electrons. The summed E-state index contributed by atoms with van der Waals surface area (Å²) < 4.78 is 0. The molecule has 0 aromatic carbocycles. The maximum absolute atomic E-state index is 3.80. The maximum Gasteiger partial charge on any atom is 0.0207 e. The van der Waals surface area contributed by atoms with Crippen molar-refractivity contribution in [2.75, 3.05) is 19.6 Å². The first kappa shape index (κ1) is 11.4. The van der Waals surface area contributed by atoms with Gasteiger partial charge in [0.2, 0.25) is 0 Å². The van der Waals surface area contributed by atoms with Crippen LogP contribution in [0.5, 0.6) is 0 Å². The summed E-state index contributed by atoms with van der Waals surface area (Å²) in [6, 6.07) is 0. The topological polar surface area (TPSA) is 24.1 Å². The largest absolute Gasteiger partial charge is 0.317 e. The quantitative estimate of drug-likeness (QED) is 0.746. The highest BCUT2D eigenvalue weighted by Crippen LogP contribution is 2.36. The first-order valence-corrected chi connectivity index (χ1v) is 6.69. The van der Waals surface area contributed by atoms with E-state index in [4.69, 9.17) is 0 Å². The standard InChI is InChI=1S/C13H26N2/c1-11(2)13(6-3-7-15-13)10-12-4-8-14-9-5-12/h11-12,14-15H,3-10H2,1-2H3. The van der Waals surface area contributed by atoms with Crippen LogP contribution in [0.15, 0.2) is 0 Å². The summed E-state index contributed by atoms with van der Waals surface area (Å²) in [5, 5.41) is 7.26. The molecule has 2 heteroatoms. The van der Waals surface area contributed by atoms with Gasteiger partial charge < -0.3 is 10.6 Å². The monoisotopic (exact) mass is 210 g/mol. The van der Waals surface area contributed by atoms with E-state index in [0.717, 1.165) is 11.8 Å². The zero-order valence-electron chi connectivity index (χ0n) is 10.3. The predicted molar refractivity (Wildman–Crippen MR) is 65.0 cm³/mol. The molecule has 2 aliphatic rings. The number of rotatable bonds is 3. The van der Waals surface area contributed by atoms with Crippen LogP contribution in [-0.4, -0.2) is 25.2 Å². The van der Waals surface area contributed by atoms with E-state index >= 15 is 0 Å². The van der Waals surface area contributed by atoms with Crippen molar-refractivity contribution in [3.05, 3.63) is 0 Å². The highest BCUT2D eigenvalue weighted by molar-refractivity contribution is 4.97. The molecular formula is C13H26N2. The van der Waals surface area contributed by atoms with Gasteiger partial charge in [0.15, 0.2) is 0 Å². The van der Waals surface area contributed by atoms with E-state index in [0.29, 0.717) is 5.54 Å². The molecule has 2 fully saturated rings. The number of piperidine rings is 1. The third-order valence-corrected chi connectivity index (χ3v) is 4.49. The van der Waals surface area contributed by atoms with Crippen LogP contribution < -0.4 is 10.6 Å². The smallest absolute Gasteiger partial charge is 0.0207 e. The molecule has 2 heterocycles. The van der Waals surface area contributed by atoms with E-state index in [9.17, 15) is 0 Å². The molecule has 1 atom stereocenters. The average molecular weight is 210 g/mol. The van der Waals surface area contributed by atoms with Crippen molar-refractivity contribution in [2.24, 2.45) is 11.8 Å². The van der Waals surface area contributed by atoms with Crippen molar-refractivity contribution in [2.45, 2.75) is 51.5 Å². The van der Waals surface area contributed by atoms with Gasteiger partial charge in [-0.15, -0.1) is 0 Å². The molecule has 2 saturated heterocycles. The van der Waals surface area contributed by atoms with Gasteiger partial charge >= 0.3 is 0 Å². The first-order valence-electron chi connectivity index (χ1n) is 6.69. The third-order valence-electron chi connectivity index (χ3n) is 4.49. The van der Waals surface area contributed by atoms with Gasteiger partial charge in [-0.3, -0.25) is 0 Å². The van der Waals surface area contributed by atoms with Crippen molar-refractivity contribution in [3.8, 4) is 0 Å². The van der Waals surface area contributed by atoms with Crippen LogP contribution in [0.25, 0.3) is 0 Å². The Bertz CT molecular complexity index is 189. The van der Waals surface area contributed by atoms with Gasteiger partial charge in [0.05, 0.1) is 0 Å². The highest BCUT2D eigenvalue weighted by Gasteiger charge is 2.38. The molecule has 0 bridgehead atoms. The molecule has 0 aromatic heterocycles. The lowest BCUT2D eigenvalue weighted by molar-refractivity contribution is 0.190. The molecule has 0 saturated carbocycles. The number of hydrogen-bond donors (Lipinski definition) is 2. The van der Waals surface area contributed by atoms with E-state index in [1.54, 1.807) is 0 Å². The Morgan fingerprint density at radius 2 is 1.93 bits per heavy atom. The van der Waals surface area contributed by atoms with Gasteiger partial charge in [0, 0.05) is 5.54 Å². The predicted octanol–water partition coefficient (Wildman–Crippen LogP) is 2.15. The third kappa shape index (κ3) is 2.54. The normalized spacial score (nSPS) is 33.8. The Balaban J connectivity index is 1.93. The molecule has 15 heavy (non-hydrogen) atoms. The lowest BCUT2D eigenvalue weighted by atomic mass is 9.75. The molecule has 88 valence electrons. The van der Waals surface area contributed by atoms with Crippen molar-refractivity contribution in [1.82, 2.24) is 10.6 Å². The maximum atomic E-state index is 3.80. The lowest BCUT2D eigenvalue weighted by Gasteiger charge is -2.38. The molecule has 2 N–H and O–H groups in total. The molecule has 0 amide bonds. The summed E-state index contributed by atoms with van der Waals surface area (Å²) in [5.41, 5.74) is 0.474. The van der Waals surface area contributed by atoms with Gasteiger partial charge in [-0.25, -0.2) is 0 Å². The molecule has 2 nitrogen and oxygen atoms in total. The lowest BCUT2D eigenvalue weighted by Crippen LogP contribution is -2.47. The molecule has 0 aliphatic carbocycles. The Labute approximate surface area is 94.2 Å².